The number of carbonyl (C=O) groups is 1. The van der Waals surface area contributed by atoms with E-state index >= 15 is 0 Å². The molecule has 0 saturated carbocycles. The average Bonchev–Trinajstić information content (AvgIpc) is 2.19. The Morgan fingerprint density at radius 1 is 1.35 bits per heavy atom. The first-order chi connectivity index (χ1) is 7.71. The molecule has 1 aromatic carbocycles. The lowest BCUT2D eigenvalue weighted by Crippen LogP contribution is -2.18. The SMILES string of the molecule is CC(C)C(=O)Nc1cc(C(F)(F)F)ccc1Br. The van der Waals surface area contributed by atoms with Crippen molar-refractivity contribution in [1.82, 2.24) is 0 Å². The van der Waals surface area contributed by atoms with Crippen LogP contribution < -0.4 is 5.32 Å². The Kier molecular flexibility index (Phi) is 4.19. The normalized spacial score (nSPS) is 11.7. The number of benzene rings is 1. The molecule has 0 atom stereocenters. The number of alkyl halides is 3. The summed E-state index contributed by atoms with van der Waals surface area (Å²) in [4.78, 5) is 11.4. The maximum atomic E-state index is 12.5. The lowest BCUT2D eigenvalue weighted by Gasteiger charge is -2.12. The molecule has 1 amide bonds. The second kappa shape index (κ2) is 5.08. The molecule has 0 aromatic heterocycles. The zero-order valence-electron chi connectivity index (χ0n) is 9.23. The standard InChI is InChI=1S/C11H11BrF3NO/c1-6(2)10(17)16-9-5-7(11(13,14)15)3-4-8(9)12/h3-6H,1-2H3,(H,16,17). The van der Waals surface area contributed by atoms with E-state index < -0.39 is 11.7 Å². The summed E-state index contributed by atoms with van der Waals surface area (Å²) in [5, 5.41) is 2.44. The van der Waals surface area contributed by atoms with E-state index in [0.29, 0.717) is 4.47 Å². The summed E-state index contributed by atoms with van der Waals surface area (Å²) in [6.45, 7) is 3.33. The molecular weight excluding hydrogens is 299 g/mol. The molecule has 0 aliphatic heterocycles. The fourth-order valence-corrected chi connectivity index (χ4v) is 1.42. The van der Waals surface area contributed by atoms with Crippen molar-refractivity contribution in [1.29, 1.82) is 0 Å². The maximum Gasteiger partial charge on any atom is 0.416 e. The van der Waals surface area contributed by atoms with Crippen LogP contribution in [0.1, 0.15) is 19.4 Å². The van der Waals surface area contributed by atoms with Crippen molar-refractivity contribution < 1.29 is 18.0 Å². The van der Waals surface area contributed by atoms with E-state index in [1.54, 1.807) is 13.8 Å². The van der Waals surface area contributed by atoms with Crippen LogP contribution in [0.25, 0.3) is 0 Å². The van der Waals surface area contributed by atoms with E-state index in [0.717, 1.165) is 12.1 Å². The molecule has 1 aromatic rings. The van der Waals surface area contributed by atoms with E-state index in [1.807, 2.05) is 0 Å². The Labute approximate surface area is 105 Å². The number of carbonyl (C=O) groups excluding carboxylic acids is 1. The summed E-state index contributed by atoms with van der Waals surface area (Å²) < 4.78 is 37.8. The molecule has 1 rings (SSSR count). The molecule has 6 heteroatoms. The molecule has 0 spiro atoms. The quantitative estimate of drug-likeness (QED) is 0.877. The highest BCUT2D eigenvalue weighted by Gasteiger charge is 2.31. The molecule has 94 valence electrons. The molecule has 1 N–H and O–H groups in total. The van der Waals surface area contributed by atoms with Crippen LogP contribution in [0, 0.1) is 5.92 Å². The summed E-state index contributed by atoms with van der Waals surface area (Å²) in [6, 6.07) is 3.12. The number of halogens is 4. The zero-order chi connectivity index (χ0) is 13.2. The molecular formula is C11H11BrF3NO. The van der Waals surface area contributed by atoms with E-state index in [9.17, 15) is 18.0 Å². The van der Waals surface area contributed by atoms with Crippen molar-refractivity contribution in [3.05, 3.63) is 28.2 Å². The third-order valence-electron chi connectivity index (χ3n) is 2.08. The van der Waals surface area contributed by atoms with Gasteiger partial charge in [-0.1, -0.05) is 13.8 Å². The van der Waals surface area contributed by atoms with Crippen LogP contribution in [0.4, 0.5) is 18.9 Å². The van der Waals surface area contributed by atoms with E-state index in [4.69, 9.17) is 0 Å². The molecule has 0 radical (unpaired) electrons. The van der Waals surface area contributed by atoms with Crippen LogP contribution in [0.3, 0.4) is 0 Å². The summed E-state index contributed by atoms with van der Waals surface area (Å²) in [5.74, 6) is -0.624. The minimum absolute atomic E-state index is 0.124. The third kappa shape index (κ3) is 3.73. The first kappa shape index (κ1) is 14.0. The molecule has 0 aliphatic rings. The van der Waals surface area contributed by atoms with Crippen LogP contribution in [0.2, 0.25) is 0 Å². The monoisotopic (exact) mass is 309 g/mol. The van der Waals surface area contributed by atoms with Crippen molar-refractivity contribution in [2.24, 2.45) is 5.92 Å². The van der Waals surface area contributed by atoms with Crippen molar-refractivity contribution in [2.45, 2.75) is 20.0 Å². The lowest BCUT2D eigenvalue weighted by molar-refractivity contribution is -0.137. The van der Waals surface area contributed by atoms with Crippen molar-refractivity contribution in [2.75, 3.05) is 5.32 Å². The van der Waals surface area contributed by atoms with Crippen LogP contribution in [0.5, 0.6) is 0 Å². The molecule has 0 bridgehead atoms. The minimum Gasteiger partial charge on any atom is -0.325 e. The second-order valence-corrected chi connectivity index (χ2v) is 4.69. The Morgan fingerprint density at radius 3 is 2.41 bits per heavy atom. The summed E-state index contributed by atoms with van der Waals surface area (Å²) in [6.07, 6.45) is -4.42. The van der Waals surface area contributed by atoms with Gasteiger partial charge < -0.3 is 5.32 Å². The molecule has 17 heavy (non-hydrogen) atoms. The predicted octanol–water partition coefficient (Wildman–Crippen LogP) is 4.06. The Bertz CT molecular complexity index is 429. The number of anilines is 1. The first-order valence-corrected chi connectivity index (χ1v) is 5.68. The highest BCUT2D eigenvalue weighted by molar-refractivity contribution is 9.10. The van der Waals surface area contributed by atoms with Gasteiger partial charge in [0.25, 0.3) is 0 Å². The van der Waals surface area contributed by atoms with Crippen LogP contribution in [-0.2, 0) is 11.0 Å². The Hall–Kier alpha value is -1.04. The topological polar surface area (TPSA) is 29.1 Å². The van der Waals surface area contributed by atoms with Crippen LogP contribution in [0.15, 0.2) is 22.7 Å². The molecule has 2 nitrogen and oxygen atoms in total. The zero-order valence-corrected chi connectivity index (χ0v) is 10.8. The summed E-state index contributed by atoms with van der Waals surface area (Å²) in [7, 11) is 0. The fourth-order valence-electron chi connectivity index (χ4n) is 1.07. The summed E-state index contributed by atoms with van der Waals surface area (Å²) in [5.41, 5.74) is -0.668. The van der Waals surface area contributed by atoms with Crippen molar-refractivity contribution in [3.63, 3.8) is 0 Å². The van der Waals surface area contributed by atoms with Gasteiger partial charge in [-0.05, 0) is 34.1 Å². The van der Waals surface area contributed by atoms with Gasteiger partial charge in [-0.3, -0.25) is 4.79 Å². The van der Waals surface area contributed by atoms with Gasteiger partial charge in [0, 0.05) is 10.4 Å². The van der Waals surface area contributed by atoms with Gasteiger partial charge in [0.2, 0.25) is 5.91 Å². The van der Waals surface area contributed by atoms with Gasteiger partial charge in [0.05, 0.1) is 11.3 Å². The molecule has 0 aliphatic carbocycles. The minimum atomic E-state index is -4.42. The van der Waals surface area contributed by atoms with Crippen molar-refractivity contribution >= 4 is 27.5 Å². The van der Waals surface area contributed by atoms with Gasteiger partial charge in [-0.25, -0.2) is 0 Å². The smallest absolute Gasteiger partial charge is 0.325 e. The predicted molar refractivity (Wildman–Crippen MR) is 62.6 cm³/mol. The summed E-state index contributed by atoms with van der Waals surface area (Å²) >= 11 is 3.09. The van der Waals surface area contributed by atoms with Gasteiger partial charge in [-0.15, -0.1) is 0 Å². The highest BCUT2D eigenvalue weighted by Crippen LogP contribution is 2.34. The molecule has 0 heterocycles. The van der Waals surface area contributed by atoms with Gasteiger partial charge >= 0.3 is 6.18 Å². The highest BCUT2D eigenvalue weighted by atomic mass is 79.9. The number of hydrogen-bond donors (Lipinski definition) is 1. The van der Waals surface area contributed by atoms with E-state index in [-0.39, 0.29) is 17.5 Å². The largest absolute Gasteiger partial charge is 0.416 e. The van der Waals surface area contributed by atoms with Gasteiger partial charge in [0.15, 0.2) is 0 Å². The van der Waals surface area contributed by atoms with Gasteiger partial charge in [-0.2, -0.15) is 13.2 Å². The van der Waals surface area contributed by atoms with E-state index in [2.05, 4.69) is 21.2 Å². The number of hydrogen-bond acceptors (Lipinski definition) is 1. The molecule has 0 unspecified atom stereocenters. The van der Waals surface area contributed by atoms with Crippen molar-refractivity contribution in [3.8, 4) is 0 Å². The number of amides is 1. The number of nitrogens with one attached hydrogen (secondary N) is 1. The average molecular weight is 310 g/mol. The van der Waals surface area contributed by atoms with Crippen LogP contribution >= 0.6 is 15.9 Å². The first-order valence-electron chi connectivity index (χ1n) is 4.89. The second-order valence-electron chi connectivity index (χ2n) is 3.84. The lowest BCUT2D eigenvalue weighted by atomic mass is 10.1. The van der Waals surface area contributed by atoms with Crippen LogP contribution in [-0.4, -0.2) is 5.91 Å². The third-order valence-corrected chi connectivity index (χ3v) is 2.77. The van der Waals surface area contributed by atoms with E-state index in [1.165, 1.54) is 6.07 Å². The fraction of sp³-hybridized carbons (Fsp3) is 0.364. The Morgan fingerprint density at radius 2 is 1.94 bits per heavy atom. The molecule has 0 fully saturated rings. The Balaban J connectivity index is 3.03. The number of rotatable bonds is 2. The maximum absolute atomic E-state index is 12.5. The molecule has 0 saturated heterocycles. The van der Waals surface area contributed by atoms with Gasteiger partial charge in [0.1, 0.15) is 0 Å².